The Morgan fingerprint density at radius 3 is 2.49 bits per heavy atom. The van der Waals surface area contributed by atoms with Gasteiger partial charge in [0, 0.05) is 55.2 Å². The third kappa shape index (κ3) is 5.33. The molecule has 1 fully saturated rings. The Balaban J connectivity index is 1.37. The van der Waals surface area contributed by atoms with Crippen molar-refractivity contribution in [1.29, 1.82) is 5.26 Å². The van der Waals surface area contributed by atoms with Crippen LogP contribution in [0.4, 0.5) is 5.69 Å². The lowest BCUT2D eigenvalue weighted by Crippen LogP contribution is -2.60. The van der Waals surface area contributed by atoms with Crippen LogP contribution in [-0.2, 0) is 21.3 Å². The fourth-order valence-electron chi connectivity index (χ4n) is 7.13. The van der Waals surface area contributed by atoms with E-state index in [0.717, 1.165) is 59.0 Å². The summed E-state index contributed by atoms with van der Waals surface area (Å²) in [6.07, 6.45) is 1.90. The van der Waals surface area contributed by atoms with Gasteiger partial charge in [0.1, 0.15) is 22.7 Å². The highest BCUT2D eigenvalue weighted by Crippen LogP contribution is 2.41. The molecule has 0 radical (unpaired) electrons. The zero-order valence-corrected chi connectivity index (χ0v) is 29.6. The van der Waals surface area contributed by atoms with Crippen LogP contribution in [-0.4, -0.2) is 73.1 Å². The minimum absolute atomic E-state index is 0.212. The number of nitrogens with zero attached hydrogens (tertiary/aromatic N) is 6. The molecule has 1 saturated heterocycles. The molecule has 0 spiro atoms. The molecule has 0 saturated carbocycles. The standard InChI is InChI=1S/C39H34N6O5S/c1-23-9-11-24(12-10-23)38-29(20-46)27-15-28(33(17-35(27)50-38)43(3)51(5,47)48)30-13-14-31-37(42-30)34-16-26-25(18-40)7-6-8-32(26)45(34)36(41-31)19-44-21-39(2,22-44)49-4/h6-17,20H,19,21-22H2,1-5H3. The molecule has 0 amide bonds. The number of hydrogen-bond donors (Lipinski definition) is 0. The molecule has 51 heavy (non-hydrogen) atoms. The van der Waals surface area contributed by atoms with Crippen LogP contribution in [0, 0.1) is 18.3 Å². The molecule has 11 nitrogen and oxygen atoms in total. The molecule has 3 aromatic carbocycles. The molecule has 1 aliphatic heterocycles. The van der Waals surface area contributed by atoms with E-state index in [1.807, 2.05) is 61.5 Å². The van der Waals surface area contributed by atoms with E-state index in [0.29, 0.717) is 62.4 Å². The van der Waals surface area contributed by atoms with Gasteiger partial charge in [-0.3, -0.25) is 18.4 Å². The van der Waals surface area contributed by atoms with E-state index in [4.69, 9.17) is 19.1 Å². The Morgan fingerprint density at radius 2 is 1.80 bits per heavy atom. The fraction of sp³-hybridized carbons (Fsp3) is 0.231. The second-order valence-electron chi connectivity index (χ2n) is 13.5. The first-order valence-electron chi connectivity index (χ1n) is 16.4. The monoisotopic (exact) mass is 698 g/mol. The van der Waals surface area contributed by atoms with Gasteiger partial charge in [0.15, 0.2) is 6.29 Å². The van der Waals surface area contributed by atoms with E-state index in [1.54, 1.807) is 25.3 Å². The molecule has 0 aliphatic carbocycles. The van der Waals surface area contributed by atoms with Crippen molar-refractivity contribution < 1.29 is 22.4 Å². The number of pyridine rings is 1. The Morgan fingerprint density at radius 1 is 1.04 bits per heavy atom. The average Bonchev–Trinajstić information content (AvgIpc) is 3.68. The third-order valence-corrected chi connectivity index (χ3v) is 11.1. The van der Waals surface area contributed by atoms with E-state index in [1.165, 1.54) is 11.4 Å². The van der Waals surface area contributed by atoms with Crippen LogP contribution in [0.25, 0.3) is 61.0 Å². The summed E-state index contributed by atoms with van der Waals surface area (Å²) in [5.74, 6) is 1.20. The van der Waals surface area contributed by atoms with Gasteiger partial charge < -0.3 is 9.15 Å². The zero-order valence-electron chi connectivity index (χ0n) is 28.8. The second kappa shape index (κ2) is 11.7. The summed E-state index contributed by atoms with van der Waals surface area (Å²) in [6, 6.07) is 24.7. The number of furan rings is 1. The molecule has 8 rings (SSSR count). The molecule has 1 aliphatic rings. The number of carbonyl (C=O) groups excluding carboxylic acids is 1. The van der Waals surface area contributed by atoms with Gasteiger partial charge in [0.2, 0.25) is 10.0 Å². The number of aryl methyl sites for hydroxylation is 1. The van der Waals surface area contributed by atoms with Gasteiger partial charge >= 0.3 is 0 Å². The zero-order chi connectivity index (χ0) is 35.8. The van der Waals surface area contributed by atoms with Crippen LogP contribution >= 0.6 is 0 Å². The molecule has 7 aromatic rings. The van der Waals surface area contributed by atoms with Gasteiger partial charge in [-0.1, -0.05) is 35.9 Å². The largest absolute Gasteiger partial charge is 0.455 e. The summed E-state index contributed by atoms with van der Waals surface area (Å²) in [4.78, 5) is 25.1. The average molecular weight is 699 g/mol. The summed E-state index contributed by atoms with van der Waals surface area (Å²) in [5.41, 5.74) is 6.99. The number of benzene rings is 3. The van der Waals surface area contributed by atoms with Crippen molar-refractivity contribution in [2.45, 2.75) is 26.0 Å². The molecule has 0 atom stereocenters. The SMILES string of the molecule is COC1(C)CN(Cc2nc3ccc(-c4cc5c(C=O)c(-c6ccc(C)cc6)oc5cc4N(C)S(C)(=O)=O)nc3c3cc4c(C#N)cccc4n23)C1. The maximum atomic E-state index is 13.0. The van der Waals surface area contributed by atoms with Gasteiger partial charge in [-0.25, -0.2) is 18.4 Å². The lowest BCUT2D eigenvalue weighted by Gasteiger charge is -2.46. The Kier molecular flexibility index (Phi) is 7.50. The van der Waals surface area contributed by atoms with Crippen LogP contribution in [0.2, 0.25) is 0 Å². The number of likely N-dealkylation sites (tertiary alicyclic amines) is 1. The van der Waals surface area contributed by atoms with Gasteiger partial charge in [-0.05, 0) is 50.2 Å². The first kappa shape index (κ1) is 32.6. The van der Waals surface area contributed by atoms with Crippen molar-refractivity contribution in [3.8, 4) is 28.7 Å². The normalized spacial score (nSPS) is 14.7. The molecule has 256 valence electrons. The summed E-state index contributed by atoms with van der Waals surface area (Å²) in [5, 5.41) is 11.3. The predicted molar refractivity (Wildman–Crippen MR) is 197 cm³/mol. The molecule has 0 unspecified atom stereocenters. The minimum Gasteiger partial charge on any atom is -0.455 e. The number of aromatic nitrogens is 3. The molecular weight excluding hydrogens is 665 g/mol. The van der Waals surface area contributed by atoms with Crippen molar-refractivity contribution in [3.05, 3.63) is 95.3 Å². The second-order valence-corrected chi connectivity index (χ2v) is 15.5. The van der Waals surface area contributed by atoms with E-state index in [9.17, 15) is 18.5 Å². The van der Waals surface area contributed by atoms with Crippen LogP contribution < -0.4 is 4.31 Å². The first-order chi connectivity index (χ1) is 24.4. The number of ether oxygens (including phenoxy) is 1. The van der Waals surface area contributed by atoms with Gasteiger partial charge in [0.25, 0.3) is 0 Å². The predicted octanol–water partition coefficient (Wildman–Crippen LogP) is 6.73. The summed E-state index contributed by atoms with van der Waals surface area (Å²) >= 11 is 0. The summed E-state index contributed by atoms with van der Waals surface area (Å²) < 4.78 is 41.1. The number of methoxy groups -OCH3 is 1. The van der Waals surface area contributed by atoms with Gasteiger partial charge in [-0.2, -0.15) is 5.26 Å². The molecule has 5 heterocycles. The topological polar surface area (TPSA) is 134 Å². The van der Waals surface area contributed by atoms with Crippen LogP contribution in [0.15, 0.2) is 77.2 Å². The number of anilines is 1. The van der Waals surface area contributed by atoms with Crippen LogP contribution in [0.5, 0.6) is 0 Å². The van der Waals surface area contributed by atoms with E-state index in [-0.39, 0.29) is 5.60 Å². The highest BCUT2D eigenvalue weighted by Gasteiger charge is 2.39. The highest BCUT2D eigenvalue weighted by atomic mass is 32.2. The van der Waals surface area contributed by atoms with Crippen molar-refractivity contribution in [1.82, 2.24) is 19.3 Å². The molecule has 4 aromatic heterocycles. The third-order valence-electron chi connectivity index (χ3n) is 9.95. The smallest absolute Gasteiger partial charge is 0.232 e. The molecular formula is C39H34N6O5S. The Bertz CT molecular complexity index is 2720. The number of fused-ring (bicyclic) bond motifs is 6. The number of hydrogen-bond acceptors (Lipinski definition) is 9. The quantitative estimate of drug-likeness (QED) is 0.159. The highest BCUT2D eigenvalue weighted by molar-refractivity contribution is 7.92. The van der Waals surface area contributed by atoms with Crippen LogP contribution in [0.3, 0.4) is 0 Å². The summed E-state index contributed by atoms with van der Waals surface area (Å²) in [6.45, 7) is 6.14. The fourth-order valence-corrected chi connectivity index (χ4v) is 7.64. The van der Waals surface area contributed by atoms with E-state index < -0.39 is 10.0 Å². The number of nitriles is 1. The lowest BCUT2D eigenvalue weighted by atomic mass is 9.96. The number of carbonyl (C=O) groups is 1. The van der Waals surface area contributed by atoms with Gasteiger partial charge in [-0.15, -0.1) is 0 Å². The van der Waals surface area contributed by atoms with Crippen molar-refractivity contribution >= 4 is 60.4 Å². The number of rotatable bonds is 8. The van der Waals surface area contributed by atoms with Gasteiger partial charge in [0.05, 0.1) is 63.5 Å². The van der Waals surface area contributed by atoms with E-state index >= 15 is 0 Å². The number of aldehydes is 1. The lowest BCUT2D eigenvalue weighted by molar-refractivity contribution is -0.115. The van der Waals surface area contributed by atoms with Crippen LogP contribution in [0.1, 0.15) is 34.2 Å². The maximum absolute atomic E-state index is 13.0. The Hall–Kier alpha value is -5.61. The molecule has 12 heteroatoms. The number of sulfonamides is 1. The summed E-state index contributed by atoms with van der Waals surface area (Å²) in [7, 11) is -0.512. The van der Waals surface area contributed by atoms with Crippen molar-refractivity contribution in [2.75, 3.05) is 37.8 Å². The van der Waals surface area contributed by atoms with E-state index in [2.05, 4.69) is 22.3 Å². The minimum atomic E-state index is -3.71. The maximum Gasteiger partial charge on any atom is 0.232 e. The molecule has 0 N–H and O–H groups in total. The van der Waals surface area contributed by atoms with Crippen molar-refractivity contribution in [2.24, 2.45) is 0 Å². The van der Waals surface area contributed by atoms with Crippen molar-refractivity contribution in [3.63, 3.8) is 0 Å². The molecule has 0 bridgehead atoms. The Labute approximate surface area is 294 Å². The first-order valence-corrected chi connectivity index (χ1v) is 18.2.